The number of rotatable bonds is 5. The monoisotopic (exact) mass is 398 g/mol. The minimum absolute atomic E-state index is 0.382. The Balaban J connectivity index is 2.00. The molecule has 0 unspecified atom stereocenters. The number of pyridine rings is 1. The molecule has 144 valence electrons. The highest BCUT2D eigenvalue weighted by atomic mass is 32.2. The summed E-state index contributed by atoms with van der Waals surface area (Å²) in [6.07, 6.45) is 2.43. The molecule has 0 saturated carbocycles. The van der Waals surface area contributed by atoms with Crippen molar-refractivity contribution in [1.82, 2.24) is 9.55 Å². The Labute approximate surface area is 154 Å². The first-order chi connectivity index (χ1) is 12.6. The lowest BCUT2D eigenvalue weighted by Gasteiger charge is -2.13. The van der Waals surface area contributed by atoms with Crippen molar-refractivity contribution in [3.05, 3.63) is 54.4 Å². The van der Waals surface area contributed by atoms with E-state index in [0.717, 1.165) is 17.5 Å². The van der Waals surface area contributed by atoms with Gasteiger partial charge in [-0.3, -0.25) is 4.57 Å². The summed E-state index contributed by atoms with van der Waals surface area (Å²) in [5, 5.41) is 0.938. The summed E-state index contributed by atoms with van der Waals surface area (Å²) in [7, 11) is -5.70. The van der Waals surface area contributed by atoms with Crippen molar-refractivity contribution in [3.63, 3.8) is 0 Å². The molecule has 0 atom stereocenters. The number of fused-ring (bicyclic) bond motifs is 1. The number of alkyl halides is 3. The summed E-state index contributed by atoms with van der Waals surface area (Å²) in [5.41, 5.74) is -3.12. The zero-order chi connectivity index (χ0) is 19.8. The van der Waals surface area contributed by atoms with Gasteiger partial charge in [0.2, 0.25) is 0 Å². The molecule has 2 heterocycles. The predicted octanol–water partition coefficient (Wildman–Crippen LogP) is 4.45. The molecule has 2 aromatic heterocycles. The number of hydrogen-bond donors (Lipinski definition) is 0. The average molecular weight is 398 g/mol. The Morgan fingerprint density at radius 3 is 2.41 bits per heavy atom. The van der Waals surface area contributed by atoms with Gasteiger partial charge in [0.05, 0.1) is 0 Å². The normalized spacial score (nSPS) is 12.7. The van der Waals surface area contributed by atoms with Crippen LogP contribution in [-0.2, 0) is 16.5 Å². The van der Waals surface area contributed by atoms with Crippen molar-refractivity contribution >= 4 is 21.2 Å². The third-order valence-electron chi connectivity index (χ3n) is 3.84. The first-order valence-corrected chi connectivity index (χ1v) is 9.56. The molecule has 5 nitrogen and oxygen atoms in total. The second-order valence-corrected chi connectivity index (χ2v) is 8.00. The van der Waals surface area contributed by atoms with E-state index < -0.39 is 21.4 Å². The Hall–Kier alpha value is -2.55. The van der Waals surface area contributed by atoms with Crippen LogP contribution in [0.4, 0.5) is 13.2 Å². The van der Waals surface area contributed by atoms with E-state index in [4.69, 9.17) is 0 Å². The number of hydrogen-bond acceptors (Lipinski definition) is 4. The van der Waals surface area contributed by atoms with Crippen LogP contribution in [0.5, 0.6) is 5.75 Å². The quantitative estimate of drug-likeness (QED) is 0.471. The number of benzene rings is 1. The van der Waals surface area contributed by atoms with Crippen molar-refractivity contribution in [2.24, 2.45) is 5.92 Å². The molecule has 0 amide bonds. The molecule has 0 N–H and O–H groups in total. The molecule has 0 spiro atoms. The maximum absolute atomic E-state index is 12.4. The van der Waals surface area contributed by atoms with Crippen LogP contribution in [0.25, 0.3) is 16.7 Å². The summed E-state index contributed by atoms with van der Waals surface area (Å²) in [5.74, 6) is -0.0292. The summed E-state index contributed by atoms with van der Waals surface area (Å²) in [4.78, 5) is 4.39. The van der Waals surface area contributed by atoms with Crippen LogP contribution >= 0.6 is 0 Å². The molecule has 3 rings (SSSR count). The first-order valence-electron chi connectivity index (χ1n) is 8.15. The second-order valence-electron chi connectivity index (χ2n) is 6.46. The van der Waals surface area contributed by atoms with E-state index in [1.807, 2.05) is 22.8 Å². The SMILES string of the molecule is CC(C)Cc1cc2cccnc2n1-c1ccc(OS(=O)(=O)C(F)(F)F)cc1. The summed E-state index contributed by atoms with van der Waals surface area (Å²) in [6, 6.07) is 11.1. The smallest absolute Gasteiger partial charge is 0.376 e. The van der Waals surface area contributed by atoms with Gasteiger partial charge in [-0.15, -0.1) is 0 Å². The van der Waals surface area contributed by atoms with Crippen molar-refractivity contribution in [1.29, 1.82) is 0 Å². The Kier molecular flexibility index (Phi) is 4.90. The van der Waals surface area contributed by atoms with Gasteiger partial charge in [0, 0.05) is 23.0 Å². The van der Waals surface area contributed by atoms with Crippen LogP contribution in [0.2, 0.25) is 0 Å². The lowest BCUT2D eigenvalue weighted by atomic mass is 10.1. The third-order valence-corrected chi connectivity index (χ3v) is 4.82. The first kappa shape index (κ1) is 19.2. The molecule has 0 radical (unpaired) electrons. The predicted molar refractivity (Wildman–Crippen MR) is 95.2 cm³/mol. The fourth-order valence-corrected chi connectivity index (χ4v) is 3.23. The van der Waals surface area contributed by atoms with E-state index in [1.54, 1.807) is 6.20 Å². The van der Waals surface area contributed by atoms with Gasteiger partial charge < -0.3 is 4.18 Å². The Morgan fingerprint density at radius 1 is 1.15 bits per heavy atom. The van der Waals surface area contributed by atoms with E-state index in [-0.39, 0.29) is 0 Å². The topological polar surface area (TPSA) is 61.2 Å². The zero-order valence-electron chi connectivity index (χ0n) is 14.6. The molecule has 3 aromatic rings. The summed E-state index contributed by atoms with van der Waals surface area (Å²) < 4.78 is 65.6. The second kappa shape index (κ2) is 6.88. The van der Waals surface area contributed by atoms with Gasteiger partial charge in [0.15, 0.2) is 0 Å². The number of halogens is 3. The highest BCUT2D eigenvalue weighted by Gasteiger charge is 2.48. The van der Waals surface area contributed by atoms with Gasteiger partial charge >= 0.3 is 15.6 Å². The summed E-state index contributed by atoms with van der Waals surface area (Å²) >= 11 is 0. The Morgan fingerprint density at radius 2 is 1.81 bits per heavy atom. The highest BCUT2D eigenvalue weighted by molar-refractivity contribution is 7.88. The molecule has 0 saturated heterocycles. The van der Waals surface area contributed by atoms with Crippen molar-refractivity contribution < 1.29 is 25.8 Å². The molecule has 0 bridgehead atoms. The van der Waals surface area contributed by atoms with E-state index >= 15 is 0 Å². The largest absolute Gasteiger partial charge is 0.534 e. The standard InChI is InChI=1S/C18H17F3N2O3S/c1-12(2)10-15-11-13-4-3-9-22-17(13)23(15)14-5-7-16(8-6-14)26-27(24,25)18(19,20)21/h3-9,11-12H,10H2,1-2H3. The van der Waals surface area contributed by atoms with Gasteiger partial charge in [-0.25, -0.2) is 4.98 Å². The van der Waals surface area contributed by atoms with Crippen LogP contribution in [0, 0.1) is 5.92 Å². The molecule has 0 fully saturated rings. The maximum atomic E-state index is 12.4. The van der Waals surface area contributed by atoms with E-state index in [9.17, 15) is 21.6 Å². The van der Waals surface area contributed by atoms with Crippen molar-refractivity contribution in [3.8, 4) is 11.4 Å². The fourth-order valence-electron chi connectivity index (χ4n) is 2.77. The van der Waals surface area contributed by atoms with Crippen LogP contribution in [-0.4, -0.2) is 23.5 Å². The highest BCUT2D eigenvalue weighted by Crippen LogP contribution is 2.29. The maximum Gasteiger partial charge on any atom is 0.534 e. The van der Waals surface area contributed by atoms with E-state index in [1.165, 1.54) is 24.3 Å². The van der Waals surface area contributed by atoms with Gasteiger partial charge in [-0.1, -0.05) is 13.8 Å². The average Bonchev–Trinajstić information content (AvgIpc) is 2.91. The molecule has 0 aliphatic carbocycles. The minimum atomic E-state index is -5.70. The Bertz CT molecular complexity index is 1060. The van der Waals surface area contributed by atoms with Crippen LogP contribution in [0.3, 0.4) is 0 Å². The van der Waals surface area contributed by atoms with Crippen molar-refractivity contribution in [2.45, 2.75) is 25.8 Å². The number of nitrogens with zero attached hydrogens (tertiary/aromatic N) is 2. The van der Waals surface area contributed by atoms with Crippen molar-refractivity contribution in [2.75, 3.05) is 0 Å². The number of aromatic nitrogens is 2. The van der Waals surface area contributed by atoms with E-state index in [0.29, 0.717) is 17.3 Å². The van der Waals surface area contributed by atoms with Gasteiger partial charge in [0.25, 0.3) is 0 Å². The van der Waals surface area contributed by atoms with Gasteiger partial charge in [0.1, 0.15) is 11.4 Å². The fraction of sp³-hybridized carbons (Fsp3) is 0.278. The molecule has 1 aromatic carbocycles. The van der Waals surface area contributed by atoms with Crippen LogP contribution in [0.1, 0.15) is 19.5 Å². The summed E-state index contributed by atoms with van der Waals surface area (Å²) in [6.45, 7) is 4.16. The third kappa shape index (κ3) is 3.92. The van der Waals surface area contributed by atoms with Gasteiger partial charge in [-0.2, -0.15) is 21.6 Å². The van der Waals surface area contributed by atoms with Crippen LogP contribution in [0.15, 0.2) is 48.7 Å². The lowest BCUT2D eigenvalue weighted by molar-refractivity contribution is -0.0500. The lowest BCUT2D eigenvalue weighted by Crippen LogP contribution is -2.28. The molecule has 0 aliphatic rings. The molecule has 27 heavy (non-hydrogen) atoms. The molecular formula is C18H17F3N2O3S. The molecule has 0 aliphatic heterocycles. The van der Waals surface area contributed by atoms with Crippen LogP contribution < -0.4 is 4.18 Å². The van der Waals surface area contributed by atoms with Gasteiger partial charge in [-0.05, 0) is 54.8 Å². The minimum Gasteiger partial charge on any atom is -0.376 e. The zero-order valence-corrected chi connectivity index (χ0v) is 15.4. The molecule has 9 heteroatoms. The van der Waals surface area contributed by atoms with E-state index in [2.05, 4.69) is 23.0 Å². The molecular weight excluding hydrogens is 381 g/mol.